The van der Waals surface area contributed by atoms with Gasteiger partial charge in [0.2, 0.25) is 0 Å². The normalized spacial score (nSPS) is 19.0. The number of esters is 1. The van der Waals surface area contributed by atoms with Crippen LogP contribution in [0.4, 0.5) is 0 Å². The van der Waals surface area contributed by atoms with Crippen molar-refractivity contribution in [3.63, 3.8) is 0 Å². The van der Waals surface area contributed by atoms with Gasteiger partial charge in [0, 0.05) is 6.04 Å². The van der Waals surface area contributed by atoms with Gasteiger partial charge in [-0.2, -0.15) is 0 Å². The van der Waals surface area contributed by atoms with Gasteiger partial charge in [0.25, 0.3) is 5.56 Å². The van der Waals surface area contributed by atoms with Crippen molar-refractivity contribution in [2.75, 3.05) is 13.7 Å². The number of ether oxygens (including phenoxy) is 1. The van der Waals surface area contributed by atoms with Crippen LogP contribution in [-0.2, 0) is 11.3 Å². The summed E-state index contributed by atoms with van der Waals surface area (Å²) in [5, 5.41) is 0.480. The van der Waals surface area contributed by atoms with E-state index in [4.69, 9.17) is 4.74 Å². The molecule has 2 aromatic rings. The first-order valence-electron chi connectivity index (χ1n) is 7.94. The maximum absolute atomic E-state index is 12.2. The van der Waals surface area contributed by atoms with Gasteiger partial charge in [0.15, 0.2) is 0 Å². The van der Waals surface area contributed by atoms with E-state index in [1.54, 1.807) is 18.2 Å². The molecule has 1 saturated heterocycles. The lowest BCUT2D eigenvalue weighted by atomic mass is 10.0. The second-order valence-electron chi connectivity index (χ2n) is 6.05. The number of benzene rings is 1. The number of H-pyrrole nitrogens is 1. The van der Waals surface area contributed by atoms with Gasteiger partial charge in [-0.1, -0.05) is 6.42 Å². The summed E-state index contributed by atoms with van der Waals surface area (Å²) < 4.78 is 4.72. The van der Waals surface area contributed by atoms with E-state index in [2.05, 4.69) is 21.8 Å². The van der Waals surface area contributed by atoms with Crippen LogP contribution in [0.2, 0.25) is 0 Å². The van der Waals surface area contributed by atoms with Crippen molar-refractivity contribution in [3.05, 3.63) is 39.9 Å². The van der Waals surface area contributed by atoms with Crippen molar-refractivity contribution < 1.29 is 9.53 Å². The zero-order valence-electron chi connectivity index (χ0n) is 13.5. The average Bonchev–Trinajstić information content (AvgIpc) is 2.55. The van der Waals surface area contributed by atoms with Crippen LogP contribution in [0.15, 0.2) is 23.0 Å². The van der Waals surface area contributed by atoms with Crippen molar-refractivity contribution in [3.8, 4) is 0 Å². The Morgan fingerprint density at radius 1 is 1.43 bits per heavy atom. The molecule has 0 amide bonds. The van der Waals surface area contributed by atoms with Crippen LogP contribution in [0.5, 0.6) is 0 Å². The number of fused-ring (bicyclic) bond motifs is 1. The monoisotopic (exact) mass is 315 g/mol. The lowest BCUT2D eigenvalue weighted by Gasteiger charge is -2.32. The number of hydrogen-bond acceptors (Lipinski definition) is 5. The number of nitrogens with zero attached hydrogens (tertiary/aromatic N) is 2. The number of aromatic nitrogens is 2. The van der Waals surface area contributed by atoms with Gasteiger partial charge in [-0.3, -0.25) is 9.69 Å². The van der Waals surface area contributed by atoms with Gasteiger partial charge in [0.1, 0.15) is 5.82 Å². The fourth-order valence-corrected chi connectivity index (χ4v) is 3.09. The van der Waals surface area contributed by atoms with Crippen LogP contribution in [0, 0.1) is 0 Å². The predicted molar refractivity (Wildman–Crippen MR) is 87.4 cm³/mol. The summed E-state index contributed by atoms with van der Waals surface area (Å²) in [4.78, 5) is 33.6. The molecule has 2 heterocycles. The van der Waals surface area contributed by atoms with Gasteiger partial charge in [0.05, 0.1) is 30.1 Å². The highest BCUT2D eigenvalue weighted by molar-refractivity contribution is 5.93. The maximum Gasteiger partial charge on any atom is 0.337 e. The molecule has 1 fully saturated rings. The maximum atomic E-state index is 12.2. The summed E-state index contributed by atoms with van der Waals surface area (Å²) in [5.74, 6) is 0.207. The number of hydrogen-bond donors (Lipinski definition) is 1. The Labute approximate surface area is 134 Å². The Bertz CT molecular complexity index is 784. The van der Waals surface area contributed by atoms with E-state index in [1.807, 2.05) is 0 Å². The minimum absolute atomic E-state index is 0.175. The van der Waals surface area contributed by atoms with Crippen LogP contribution in [0.1, 0.15) is 42.4 Å². The molecule has 0 aliphatic carbocycles. The molecule has 1 N–H and O–H groups in total. The van der Waals surface area contributed by atoms with E-state index < -0.39 is 5.97 Å². The molecular formula is C17H21N3O3. The van der Waals surface area contributed by atoms with E-state index in [1.165, 1.54) is 26.4 Å². The lowest BCUT2D eigenvalue weighted by Crippen LogP contribution is -2.37. The quantitative estimate of drug-likeness (QED) is 0.878. The zero-order chi connectivity index (χ0) is 16.4. The van der Waals surface area contributed by atoms with Crippen molar-refractivity contribution in [1.29, 1.82) is 0 Å². The second-order valence-corrected chi connectivity index (χ2v) is 6.05. The fraction of sp³-hybridized carbons (Fsp3) is 0.471. The third-order valence-electron chi connectivity index (χ3n) is 4.47. The molecule has 122 valence electrons. The Balaban J connectivity index is 1.95. The Hall–Kier alpha value is -2.21. The standard InChI is InChI=1S/C17H21N3O3/c1-11-5-3-4-8-20(11)10-15-18-14-9-12(17(22)23-2)6-7-13(14)16(21)19-15/h6-7,9,11H,3-5,8,10H2,1-2H3,(H,18,19,21). The van der Waals surface area contributed by atoms with Gasteiger partial charge < -0.3 is 9.72 Å². The van der Waals surface area contributed by atoms with Crippen LogP contribution < -0.4 is 5.56 Å². The molecule has 0 radical (unpaired) electrons. The summed E-state index contributed by atoms with van der Waals surface area (Å²) in [5.41, 5.74) is 0.748. The van der Waals surface area contributed by atoms with Crippen molar-refractivity contribution >= 4 is 16.9 Å². The largest absolute Gasteiger partial charge is 0.465 e. The summed E-state index contributed by atoms with van der Waals surface area (Å²) in [6.07, 6.45) is 3.60. The van der Waals surface area contributed by atoms with Crippen molar-refractivity contribution in [2.24, 2.45) is 0 Å². The highest BCUT2D eigenvalue weighted by Gasteiger charge is 2.19. The van der Waals surface area contributed by atoms with Crippen LogP contribution in [0.3, 0.4) is 0 Å². The fourth-order valence-electron chi connectivity index (χ4n) is 3.09. The van der Waals surface area contributed by atoms with Crippen molar-refractivity contribution in [2.45, 2.75) is 38.8 Å². The molecule has 1 unspecified atom stereocenters. The Kier molecular flexibility index (Phi) is 4.43. The van der Waals surface area contributed by atoms with E-state index in [0.29, 0.717) is 34.9 Å². The van der Waals surface area contributed by atoms with Crippen LogP contribution in [0.25, 0.3) is 10.9 Å². The molecule has 6 nitrogen and oxygen atoms in total. The van der Waals surface area contributed by atoms with Crippen LogP contribution in [-0.4, -0.2) is 40.5 Å². The molecule has 0 saturated carbocycles. The molecule has 6 heteroatoms. The van der Waals surface area contributed by atoms with Gasteiger partial charge in [-0.05, 0) is 44.5 Å². The molecule has 0 bridgehead atoms. The number of rotatable bonds is 3. The average molecular weight is 315 g/mol. The molecular weight excluding hydrogens is 294 g/mol. The molecule has 1 aliphatic rings. The molecule has 1 aromatic carbocycles. The number of carbonyl (C=O) groups is 1. The minimum atomic E-state index is -0.430. The third kappa shape index (κ3) is 3.27. The van der Waals surface area contributed by atoms with E-state index >= 15 is 0 Å². The highest BCUT2D eigenvalue weighted by Crippen LogP contribution is 2.18. The van der Waals surface area contributed by atoms with Crippen LogP contribution >= 0.6 is 0 Å². The van der Waals surface area contributed by atoms with Gasteiger partial charge >= 0.3 is 5.97 Å². The summed E-state index contributed by atoms with van der Waals surface area (Å²) in [6.45, 7) is 3.84. The molecule has 23 heavy (non-hydrogen) atoms. The number of nitrogens with one attached hydrogen (secondary N) is 1. The highest BCUT2D eigenvalue weighted by atomic mass is 16.5. The predicted octanol–water partition coefficient (Wildman–Crippen LogP) is 2.08. The molecule has 0 spiro atoms. The summed E-state index contributed by atoms with van der Waals surface area (Å²) >= 11 is 0. The lowest BCUT2D eigenvalue weighted by molar-refractivity contribution is 0.0601. The number of methoxy groups -OCH3 is 1. The zero-order valence-corrected chi connectivity index (χ0v) is 13.5. The number of likely N-dealkylation sites (tertiary alicyclic amines) is 1. The first-order valence-corrected chi connectivity index (χ1v) is 7.94. The first kappa shape index (κ1) is 15.7. The van der Waals surface area contributed by atoms with Gasteiger partial charge in [-0.25, -0.2) is 9.78 Å². The summed E-state index contributed by atoms with van der Waals surface area (Å²) in [6, 6.07) is 5.30. The number of carbonyl (C=O) groups excluding carboxylic acids is 1. The first-order chi connectivity index (χ1) is 11.1. The molecule has 3 rings (SSSR count). The van der Waals surface area contributed by atoms with E-state index in [0.717, 1.165) is 6.54 Å². The summed E-state index contributed by atoms with van der Waals surface area (Å²) in [7, 11) is 1.33. The number of aromatic amines is 1. The molecule has 1 aliphatic heterocycles. The van der Waals surface area contributed by atoms with E-state index in [9.17, 15) is 9.59 Å². The SMILES string of the molecule is COC(=O)c1ccc2c(=O)[nH]c(CN3CCCCC3C)nc2c1. The van der Waals surface area contributed by atoms with E-state index in [-0.39, 0.29) is 5.56 Å². The molecule has 1 aromatic heterocycles. The Morgan fingerprint density at radius 3 is 3.00 bits per heavy atom. The molecule has 1 atom stereocenters. The minimum Gasteiger partial charge on any atom is -0.465 e. The number of piperidine rings is 1. The third-order valence-corrected chi connectivity index (χ3v) is 4.47. The van der Waals surface area contributed by atoms with Crippen molar-refractivity contribution in [1.82, 2.24) is 14.9 Å². The topological polar surface area (TPSA) is 75.3 Å². The smallest absolute Gasteiger partial charge is 0.337 e. The Morgan fingerprint density at radius 2 is 2.26 bits per heavy atom. The van der Waals surface area contributed by atoms with Gasteiger partial charge in [-0.15, -0.1) is 0 Å². The second kappa shape index (κ2) is 6.50.